The number of halogens is 2. The first kappa shape index (κ1) is 28.2. The Labute approximate surface area is 256 Å². The van der Waals surface area contributed by atoms with Crippen LogP contribution in [0.15, 0.2) is 89.6 Å². The fourth-order valence-electron chi connectivity index (χ4n) is 4.90. The predicted molar refractivity (Wildman–Crippen MR) is 168 cm³/mol. The molecule has 0 bridgehead atoms. The topological polar surface area (TPSA) is 67.2 Å². The van der Waals surface area contributed by atoms with E-state index in [9.17, 15) is 14.0 Å². The number of carbonyl (C=O) groups excluding carboxylic acids is 2. The molecule has 10 heteroatoms. The van der Waals surface area contributed by atoms with Crippen molar-refractivity contribution in [1.82, 2.24) is 15.1 Å². The Morgan fingerprint density at radius 1 is 1.05 bits per heavy atom. The third kappa shape index (κ3) is 5.86. The molecule has 5 aromatic rings. The number of benzene rings is 3. The highest BCUT2D eigenvalue weighted by Gasteiger charge is 2.37. The number of hydrogen-bond donors (Lipinski definition) is 1. The van der Waals surface area contributed by atoms with E-state index < -0.39 is 0 Å². The number of anilines is 1. The van der Waals surface area contributed by atoms with Crippen LogP contribution in [0.2, 0.25) is 5.02 Å². The van der Waals surface area contributed by atoms with Gasteiger partial charge in [-0.1, -0.05) is 53.6 Å². The molecule has 0 saturated heterocycles. The van der Waals surface area contributed by atoms with Crippen LogP contribution in [-0.4, -0.2) is 33.9 Å². The second kappa shape index (κ2) is 12.1. The molecule has 0 unspecified atom stereocenters. The first-order chi connectivity index (χ1) is 20.4. The summed E-state index contributed by atoms with van der Waals surface area (Å²) >= 11 is 9.35. The lowest BCUT2D eigenvalue weighted by molar-refractivity contribution is -0.123. The molecule has 42 heavy (non-hydrogen) atoms. The van der Waals surface area contributed by atoms with Crippen LogP contribution in [0, 0.1) is 12.7 Å². The van der Waals surface area contributed by atoms with E-state index in [1.165, 1.54) is 23.9 Å². The minimum Gasteiger partial charge on any atom is -0.350 e. The average Bonchev–Trinajstić information content (AvgIpc) is 3.63. The molecule has 1 atom stereocenters. The Balaban J connectivity index is 1.48. The summed E-state index contributed by atoms with van der Waals surface area (Å²) in [6, 6.07) is 23.4. The molecule has 2 aromatic heterocycles. The number of aromatic nitrogens is 2. The average molecular weight is 617 g/mol. The van der Waals surface area contributed by atoms with Gasteiger partial charge in [0.15, 0.2) is 0 Å². The Morgan fingerprint density at radius 2 is 1.79 bits per heavy atom. The highest BCUT2D eigenvalue weighted by atomic mass is 35.5. The minimum absolute atomic E-state index is 0.188. The first-order valence-corrected chi connectivity index (χ1v) is 15.7. The second-order valence-corrected chi connectivity index (χ2v) is 12.3. The van der Waals surface area contributed by atoms with E-state index in [2.05, 4.69) is 16.8 Å². The van der Waals surface area contributed by atoms with Crippen molar-refractivity contribution in [1.29, 1.82) is 0 Å². The van der Waals surface area contributed by atoms with Gasteiger partial charge < -0.3 is 5.32 Å². The molecular weight excluding hydrogens is 591 g/mol. The largest absolute Gasteiger partial charge is 0.350 e. The molecule has 3 heterocycles. The van der Waals surface area contributed by atoms with Gasteiger partial charge in [-0.2, -0.15) is 16.4 Å². The molecular formula is C32H26ClFN4O2S2. The summed E-state index contributed by atoms with van der Waals surface area (Å²) in [5.41, 5.74) is 6.14. The Kier molecular flexibility index (Phi) is 8.15. The van der Waals surface area contributed by atoms with Crippen LogP contribution in [0.4, 0.5) is 10.2 Å². The summed E-state index contributed by atoms with van der Waals surface area (Å²) in [5.74, 6) is -0.110. The molecule has 0 fully saturated rings. The third-order valence-electron chi connectivity index (χ3n) is 7.04. The number of aryl methyl sites for hydroxylation is 1. The van der Waals surface area contributed by atoms with Crippen molar-refractivity contribution < 1.29 is 14.0 Å². The standard InChI is InChI=1S/C32H26ClFN4O2S2/c1-20-2-12-26(13-3-20)38-32-29(30(36-38)22-6-8-24(33)9-7-22)31(23-14-15-41-18-23)42-19-28(40)37(32)17-27(39)35-16-21-4-10-25(34)11-5-21/h2-15,18,31H,16-17,19H2,1H3,(H,35,39)/t31-/m1/s1. The molecule has 0 spiro atoms. The summed E-state index contributed by atoms with van der Waals surface area (Å²) in [6.45, 7) is 2.03. The lowest BCUT2D eigenvalue weighted by Gasteiger charge is -2.23. The van der Waals surface area contributed by atoms with Crippen LogP contribution in [0.5, 0.6) is 0 Å². The van der Waals surface area contributed by atoms with Gasteiger partial charge in [0.2, 0.25) is 11.8 Å². The van der Waals surface area contributed by atoms with E-state index in [1.807, 2.05) is 60.8 Å². The van der Waals surface area contributed by atoms with Crippen molar-refractivity contribution in [3.63, 3.8) is 0 Å². The molecule has 1 aliphatic heterocycles. The number of nitrogens with zero attached hydrogens (tertiary/aromatic N) is 3. The van der Waals surface area contributed by atoms with Crippen LogP contribution in [0.25, 0.3) is 16.9 Å². The number of fused-ring (bicyclic) bond motifs is 1. The lowest BCUT2D eigenvalue weighted by Crippen LogP contribution is -2.42. The zero-order chi connectivity index (χ0) is 29.2. The fourth-order valence-corrected chi connectivity index (χ4v) is 6.98. The molecule has 2 amide bonds. The summed E-state index contributed by atoms with van der Waals surface area (Å²) in [7, 11) is 0. The number of nitrogens with one attached hydrogen (secondary N) is 1. The van der Waals surface area contributed by atoms with E-state index in [0.29, 0.717) is 10.8 Å². The van der Waals surface area contributed by atoms with Gasteiger partial charge in [-0.25, -0.2) is 9.07 Å². The second-order valence-electron chi connectivity index (χ2n) is 9.97. The Bertz CT molecular complexity index is 1720. The van der Waals surface area contributed by atoms with Crippen molar-refractivity contribution >= 4 is 52.3 Å². The molecule has 0 radical (unpaired) electrons. The zero-order valence-corrected chi connectivity index (χ0v) is 25.0. The molecule has 3 aromatic carbocycles. The molecule has 1 N–H and O–H groups in total. The highest BCUT2D eigenvalue weighted by Crippen LogP contribution is 2.49. The first-order valence-electron chi connectivity index (χ1n) is 13.3. The number of amides is 2. The van der Waals surface area contributed by atoms with Crippen molar-refractivity contribution in [2.24, 2.45) is 0 Å². The Morgan fingerprint density at radius 3 is 2.48 bits per heavy atom. The van der Waals surface area contributed by atoms with Crippen LogP contribution >= 0.6 is 34.7 Å². The predicted octanol–water partition coefficient (Wildman–Crippen LogP) is 7.19. The van der Waals surface area contributed by atoms with Crippen LogP contribution < -0.4 is 10.2 Å². The van der Waals surface area contributed by atoms with Crippen molar-refractivity contribution in [3.05, 3.63) is 123 Å². The van der Waals surface area contributed by atoms with Gasteiger partial charge in [0.1, 0.15) is 18.2 Å². The smallest absolute Gasteiger partial charge is 0.240 e. The normalized spacial score (nSPS) is 14.9. The Hall–Kier alpha value is -3.92. The third-order valence-corrected chi connectivity index (χ3v) is 9.24. The summed E-state index contributed by atoms with van der Waals surface area (Å²) in [4.78, 5) is 28.6. The molecule has 1 aliphatic rings. The van der Waals surface area contributed by atoms with Gasteiger partial charge in [-0.3, -0.25) is 14.5 Å². The number of thiophene rings is 1. The van der Waals surface area contributed by atoms with Crippen LogP contribution in [0.3, 0.4) is 0 Å². The molecule has 212 valence electrons. The fraction of sp³-hybridized carbons (Fsp3) is 0.156. The summed E-state index contributed by atoms with van der Waals surface area (Å²) in [6.07, 6.45) is 0. The van der Waals surface area contributed by atoms with Crippen molar-refractivity contribution in [3.8, 4) is 16.9 Å². The van der Waals surface area contributed by atoms with Crippen molar-refractivity contribution in [2.45, 2.75) is 18.7 Å². The van der Waals surface area contributed by atoms with Crippen LogP contribution in [-0.2, 0) is 16.1 Å². The maximum Gasteiger partial charge on any atom is 0.240 e. The monoisotopic (exact) mass is 616 g/mol. The van der Waals surface area contributed by atoms with E-state index in [-0.39, 0.29) is 41.7 Å². The maximum absolute atomic E-state index is 13.8. The van der Waals surface area contributed by atoms with Gasteiger partial charge in [0, 0.05) is 22.7 Å². The molecule has 0 aliphatic carbocycles. The highest BCUT2D eigenvalue weighted by molar-refractivity contribution is 8.00. The quantitative estimate of drug-likeness (QED) is 0.210. The van der Waals surface area contributed by atoms with E-state index in [0.717, 1.165) is 39.2 Å². The SMILES string of the molecule is Cc1ccc(-n2nc(-c3ccc(Cl)cc3)c3c2N(CC(=O)NCc2ccc(F)cc2)C(=O)CS[C@@H]3c2ccsc2)cc1. The van der Waals surface area contributed by atoms with E-state index in [4.69, 9.17) is 16.7 Å². The van der Waals surface area contributed by atoms with Crippen molar-refractivity contribution in [2.75, 3.05) is 17.2 Å². The van der Waals surface area contributed by atoms with E-state index >= 15 is 0 Å². The number of carbonyl (C=O) groups is 2. The number of rotatable bonds is 7. The van der Waals surface area contributed by atoms with Crippen LogP contribution in [0.1, 0.15) is 27.5 Å². The van der Waals surface area contributed by atoms with Gasteiger partial charge in [0.05, 0.1) is 22.4 Å². The summed E-state index contributed by atoms with van der Waals surface area (Å²) < 4.78 is 15.1. The van der Waals surface area contributed by atoms with Gasteiger partial charge >= 0.3 is 0 Å². The minimum atomic E-state index is -0.341. The number of hydrogen-bond acceptors (Lipinski definition) is 5. The van der Waals surface area contributed by atoms with Gasteiger partial charge in [-0.05, 0) is 71.3 Å². The molecule has 6 rings (SSSR count). The lowest BCUT2D eigenvalue weighted by atomic mass is 10.0. The van der Waals surface area contributed by atoms with Gasteiger partial charge in [-0.15, -0.1) is 11.8 Å². The van der Waals surface area contributed by atoms with Gasteiger partial charge in [0.25, 0.3) is 0 Å². The van der Waals surface area contributed by atoms with E-state index in [1.54, 1.807) is 33.1 Å². The zero-order valence-electron chi connectivity index (χ0n) is 22.6. The number of thioether (sulfide) groups is 1. The maximum atomic E-state index is 13.8. The molecule has 6 nitrogen and oxygen atoms in total. The summed E-state index contributed by atoms with van der Waals surface area (Å²) in [5, 5.41) is 12.5. The molecule has 0 saturated carbocycles.